The molecule has 1 aliphatic carbocycles. The summed E-state index contributed by atoms with van der Waals surface area (Å²) in [7, 11) is 1.57. The molecule has 1 saturated carbocycles. The minimum absolute atomic E-state index is 0.109. The van der Waals surface area contributed by atoms with E-state index in [0.29, 0.717) is 28.9 Å². The van der Waals surface area contributed by atoms with Gasteiger partial charge in [0.1, 0.15) is 15.6 Å². The molecule has 0 aromatic carbocycles. The molecule has 5 nitrogen and oxygen atoms in total. The lowest BCUT2D eigenvalue weighted by atomic mass is 10.3. The number of carbonyl (C=O) groups is 1. The number of anilines is 2. The van der Waals surface area contributed by atoms with Crippen molar-refractivity contribution in [1.29, 1.82) is 0 Å². The molecular weight excluding hydrogens is 306 g/mol. The minimum Gasteiger partial charge on any atom is -0.492 e. The highest BCUT2D eigenvalue weighted by Crippen LogP contribution is 2.43. The van der Waals surface area contributed by atoms with Crippen molar-refractivity contribution >= 4 is 39.3 Å². The van der Waals surface area contributed by atoms with Gasteiger partial charge in [-0.05, 0) is 24.3 Å². The number of amides is 1. The summed E-state index contributed by atoms with van der Waals surface area (Å²) in [6, 6.07) is 4.38. The number of ether oxygens (including phenoxy) is 1. The first-order chi connectivity index (χ1) is 10.2. The summed E-state index contributed by atoms with van der Waals surface area (Å²) >= 11 is 3.02. The van der Waals surface area contributed by atoms with Gasteiger partial charge in [0.2, 0.25) is 0 Å². The summed E-state index contributed by atoms with van der Waals surface area (Å²) in [5.41, 5.74) is 6.46. The van der Waals surface area contributed by atoms with Gasteiger partial charge >= 0.3 is 0 Å². The fourth-order valence-corrected chi connectivity index (χ4v) is 3.61. The Morgan fingerprint density at radius 3 is 2.95 bits per heavy atom. The van der Waals surface area contributed by atoms with Gasteiger partial charge in [0.25, 0.3) is 5.91 Å². The molecule has 7 heteroatoms. The van der Waals surface area contributed by atoms with Crippen molar-refractivity contribution in [3.63, 3.8) is 0 Å². The Kier molecular flexibility index (Phi) is 4.03. The smallest absolute Gasteiger partial charge is 0.263 e. The van der Waals surface area contributed by atoms with Crippen LogP contribution in [-0.2, 0) is 6.54 Å². The summed E-state index contributed by atoms with van der Waals surface area (Å²) in [4.78, 5) is 13.9. The molecule has 0 unspecified atom stereocenters. The number of thiophene rings is 2. The van der Waals surface area contributed by atoms with Gasteiger partial charge in [-0.25, -0.2) is 0 Å². The van der Waals surface area contributed by atoms with Gasteiger partial charge in [0.15, 0.2) is 5.75 Å². The topological polar surface area (TPSA) is 76.4 Å². The van der Waals surface area contributed by atoms with Gasteiger partial charge in [-0.1, -0.05) is 6.07 Å². The summed E-state index contributed by atoms with van der Waals surface area (Å²) in [6.45, 7) is 0.692. The highest BCUT2D eigenvalue weighted by molar-refractivity contribution is 7.19. The van der Waals surface area contributed by atoms with Gasteiger partial charge in [-0.15, -0.1) is 22.7 Å². The molecular formula is C14H17N3O2S2. The van der Waals surface area contributed by atoms with Crippen LogP contribution >= 0.6 is 22.7 Å². The zero-order valence-corrected chi connectivity index (χ0v) is 13.3. The number of carbonyl (C=O) groups excluding carboxylic acids is 1. The van der Waals surface area contributed by atoms with E-state index in [9.17, 15) is 4.79 Å². The Hall–Kier alpha value is -1.73. The minimum atomic E-state index is -0.109. The third-order valence-corrected chi connectivity index (χ3v) is 5.25. The van der Waals surface area contributed by atoms with Crippen molar-refractivity contribution in [2.75, 3.05) is 18.2 Å². The Balaban J connectivity index is 1.77. The normalized spacial score (nSPS) is 14.0. The van der Waals surface area contributed by atoms with Crippen LogP contribution in [0.15, 0.2) is 17.5 Å². The van der Waals surface area contributed by atoms with E-state index in [1.807, 2.05) is 11.4 Å². The molecule has 3 rings (SSSR count). The van der Waals surface area contributed by atoms with Gasteiger partial charge in [-0.2, -0.15) is 0 Å². The summed E-state index contributed by atoms with van der Waals surface area (Å²) in [5.74, 6) is 0.444. The van der Waals surface area contributed by atoms with Crippen LogP contribution in [0.2, 0.25) is 0 Å². The second-order valence-electron chi connectivity index (χ2n) is 4.89. The van der Waals surface area contributed by atoms with Crippen LogP contribution in [-0.4, -0.2) is 19.1 Å². The fourth-order valence-electron chi connectivity index (χ4n) is 1.98. The van der Waals surface area contributed by atoms with E-state index in [4.69, 9.17) is 10.5 Å². The lowest BCUT2D eigenvalue weighted by Gasteiger charge is -2.05. The molecule has 0 atom stereocenters. The molecule has 0 aliphatic heterocycles. The molecule has 4 N–H and O–H groups in total. The first-order valence-corrected chi connectivity index (χ1v) is 8.42. The number of hydrogen-bond acceptors (Lipinski definition) is 6. The largest absolute Gasteiger partial charge is 0.492 e. The molecule has 1 aliphatic rings. The van der Waals surface area contributed by atoms with Crippen LogP contribution in [0.5, 0.6) is 5.75 Å². The van der Waals surface area contributed by atoms with Crippen molar-refractivity contribution in [2.24, 2.45) is 0 Å². The van der Waals surface area contributed by atoms with Crippen LogP contribution in [0, 0.1) is 0 Å². The van der Waals surface area contributed by atoms with Crippen LogP contribution in [0.1, 0.15) is 27.4 Å². The summed E-state index contributed by atoms with van der Waals surface area (Å²) in [6.07, 6.45) is 2.11. The van der Waals surface area contributed by atoms with Crippen LogP contribution < -0.4 is 21.1 Å². The number of nitrogen functional groups attached to an aromatic ring is 1. The Morgan fingerprint density at radius 2 is 2.33 bits per heavy atom. The van der Waals surface area contributed by atoms with E-state index >= 15 is 0 Å². The Bertz CT molecular complexity index is 633. The van der Waals surface area contributed by atoms with Gasteiger partial charge in [-0.3, -0.25) is 4.79 Å². The maximum absolute atomic E-state index is 12.2. The second-order valence-corrected chi connectivity index (χ2v) is 6.94. The number of methoxy groups -OCH3 is 1. The fraction of sp³-hybridized carbons (Fsp3) is 0.357. The first kappa shape index (κ1) is 14.2. The monoisotopic (exact) mass is 323 g/mol. The molecule has 112 valence electrons. The van der Waals surface area contributed by atoms with Crippen molar-refractivity contribution in [3.8, 4) is 5.75 Å². The molecule has 1 fully saturated rings. The highest BCUT2D eigenvalue weighted by Gasteiger charge is 2.27. The zero-order valence-electron chi connectivity index (χ0n) is 11.6. The SMILES string of the molecule is COc1c(NCc2cccs2)sc(C(=O)NC2CC2)c1N. The van der Waals surface area contributed by atoms with Crippen molar-refractivity contribution in [2.45, 2.75) is 25.4 Å². The number of rotatable bonds is 6. The predicted octanol–water partition coefficient (Wildman–Crippen LogP) is 2.90. The van der Waals surface area contributed by atoms with Crippen molar-refractivity contribution in [1.82, 2.24) is 5.32 Å². The van der Waals surface area contributed by atoms with E-state index in [2.05, 4.69) is 16.7 Å². The quantitative estimate of drug-likeness (QED) is 0.764. The van der Waals surface area contributed by atoms with E-state index in [1.54, 1.807) is 18.4 Å². The van der Waals surface area contributed by atoms with Gasteiger partial charge < -0.3 is 21.1 Å². The van der Waals surface area contributed by atoms with Crippen molar-refractivity contribution < 1.29 is 9.53 Å². The molecule has 2 aromatic rings. The maximum atomic E-state index is 12.2. The lowest BCUT2D eigenvalue weighted by Crippen LogP contribution is -2.25. The third-order valence-electron chi connectivity index (χ3n) is 3.23. The van der Waals surface area contributed by atoms with Crippen LogP contribution in [0.25, 0.3) is 0 Å². The Morgan fingerprint density at radius 1 is 1.52 bits per heavy atom. The molecule has 0 bridgehead atoms. The van der Waals surface area contributed by atoms with Crippen LogP contribution in [0.4, 0.5) is 10.7 Å². The molecule has 1 amide bonds. The van der Waals surface area contributed by atoms with E-state index in [-0.39, 0.29) is 5.91 Å². The third kappa shape index (κ3) is 3.14. The molecule has 21 heavy (non-hydrogen) atoms. The van der Waals surface area contributed by atoms with Gasteiger partial charge in [0.05, 0.1) is 13.7 Å². The maximum Gasteiger partial charge on any atom is 0.263 e. The number of nitrogens with one attached hydrogen (secondary N) is 2. The lowest BCUT2D eigenvalue weighted by molar-refractivity contribution is 0.0956. The van der Waals surface area contributed by atoms with E-state index in [0.717, 1.165) is 17.8 Å². The van der Waals surface area contributed by atoms with Gasteiger partial charge in [0, 0.05) is 10.9 Å². The molecule has 2 aromatic heterocycles. The number of hydrogen-bond donors (Lipinski definition) is 3. The average Bonchev–Trinajstić information content (AvgIpc) is 3.02. The van der Waals surface area contributed by atoms with E-state index in [1.165, 1.54) is 16.2 Å². The van der Waals surface area contributed by atoms with Crippen molar-refractivity contribution in [3.05, 3.63) is 27.3 Å². The molecule has 0 radical (unpaired) electrons. The molecule has 0 saturated heterocycles. The van der Waals surface area contributed by atoms with E-state index < -0.39 is 0 Å². The predicted molar refractivity (Wildman–Crippen MR) is 87.4 cm³/mol. The molecule has 0 spiro atoms. The highest BCUT2D eigenvalue weighted by atomic mass is 32.1. The standard InChI is InChI=1S/C14H17N3O2S2/c1-19-11-10(15)12(13(18)17-8-4-5-8)21-14(11)16-7-9-3-2-6-20-9/h2-3,6,8,16H,4-5,7,15H2,1H3,(H,17,18). The number of nitrogens with two attached hydrogens (primary N) is 1. The average molecular weight is 323 g/mol. The first-order valence-electron chi connectivity index (χ1n) is 6.72. The van der Waals surface area contributed by atoms with Crippen LogP contribution in [0.3, 0.4) is 0 Å². The zero-order chi connectivity index (χ0) is 14.8. The second kappa shape index (κ2) is 5.95. The summed E-state index contributed by atoms with van der Waals surface area (Å²) < 4.78 is 5.34. The Labute approximate surface area is 131 Å². The summed E-state index contributed by atoms with van der Waals surface area (Å²) in [5, 5.41) is 9.08. The molecule has 2 heterocycles.